The summed E-state index contributed by atoms with van der Waals surface area (Å²) in [6.07, 6.45) is 5.70. The quantitative estimate of drug-likeness (QED) is 0.618. The molecule has 3 N–H and O–H groups in total. The van der Waals surface area contributed by atoms with E-state index in [1.807, 2.05) is 0 Å². The SMILES string of the molecule is O=C(O)C(O)(CCC1CCCCC1)C(=O)O. The summed E-state index contributed by atoms with van der Waals surface area (Å²) in [6, 6.07) is 0. The summed E-state index contributed by atoms with van der Waals surface area (Å²) < 4.78 is 0. The number of carbonyl (C=O) groups is 2. The van der Waals surface area contributed by atoms with Gasteiger partial charge < -0.3 is 15.3 Å². The molecule has 16 heavy (non-hydrogen) atoms. The summed E-state index contributed by atoms with van der Waals surface area (Å²) in [4.78, 5) is 21.4. The van der Waals surface area contributed by atoms with E-state index in [0.717, 1.165) is 25.7 Å². The molecule has 1 fully saturated rings. The first-order chi connectivity index (χ1) is 7.47. The molecule has 0 saturated heterocycles. The van der Waals surface area contributed by atoms with Crippen LogP contribution in [-0.4, -0.2) is 32.9 Å². The molecule has 5 heteroatoms. The van der Waals surface area contributed by atoms with Gasteiger partial charge in [0.05, 0.1) is 0 Å². The molecule has 92 valence electrons. The molecule has 0 amide bonds. The second-order valence-electron chi connectivity index (χ2n) is 4.51. The zero-order chi connectivity index (χ0) is 12.2. The standard InChI is InChI=1S/C11H18O5/c12-9(13)11(16,10(14)15)7-6-8-4-2-1-3-5-8/h8,16H,1-7H2,(H,12,13)(H,14,15). The van der Waals surface area contributed by atoms with E-state index < -0.39 is 17.5 Å². The maximum atomic E-state index is 10.7. The molecule has 0 unspecified atom stereocenters. The first-order valence-corrected chi connectivity index (χ1v) is 5.66. The molecule has 0 heterocycles. The highest BCUT2D eigenvalue weighted by Crippen LogP contribution is 2.29. The maximum absolute atomic E-state index is 10.7. The predicted molar refractivity (Wildman–Crippen MR) is 56.0 cm³/mol. The van der Waals surface area contributed by atoms with E-state index in [-0.39, 0.29) is 6.42 Å². The van der Waals surface area contributed by atoms with Crippen molar-refractivity contribution in [2.24, 2.45) is 5.92 Å². The maximum Gasteiger partial charge on any atom is 0.347 e. The zero-order valence-electron chi connectivity index (χ0n) is 9.19. The summed E-state index contributed by atoms with van der Waals surface area (Å²) >= 11 is 0. The average Bonchev–Trinajstić information content (AvgIpc) is 2.26. The van der Waals surface area contributed by atoms with Crippen LogP contribution in [0.5, 0.6) is 0 Å². The Morgan fingerprint density at radius 3 is 2.00 bits per heavy atom. The smallest absolute Gasteiger partial charge is 0.347 e. The predicted octanol–water partition coefficient (Wildman–Crippen LogP) is 1.25. The van der Waals surface area contributed by atoms with Gasteiger partial charge in [0.15, 0.2) is 0 Å². The van der Waals surface area contributed by atoms with E-state index in [1.165, 1.54) is 6.42 Å². The van der Waals surface area contributed by atoms with E-state index in [0.29, 0.717) is 12.3 Å². The molecule has 0 atom stereocenters. The van der Waals surface area contributed by atoms with Gasteiger partial charge in [0, 0.05) is 0 Å². The highest BCUT2D eigenvalue weighted by Gasteiger charge is 2.44. The average molecular weight is 230 g/mol. The molecule has 0 bridgehead atoms. The first-order valence-electron chi connectivity index (χ1n) is 5.66. The third-order valence-electron chi connectivity index (χ3n) is 3.35. The molecule has 0 aromatic rings. The van der Waals surface area contributed by atoms with Gasteiger partial charge in [-0.15, -0.1) is 0 Å². The number of rotatable bonds is 5. The minimum Gasteiger partial charge on any atom is -0.479 e. The largest absolute Gasteiger partial charge is 0.479 e. The van der Waals surface area contributed by atoms with Gasteiger partial charge in [0.25, 0.3) is 5.60 Å². The Balaban J connectivity index is 2.49. The van der Waals surface area contributed by atoms with Crippen LogP contribution in [0, 0.1) is 5.92 Å². The highest BCUT2D eigenvalue weighted by molar-refractivity contribution is 6.01. The molecule has 0 spiro atoms. The van der Waals surface area contributed by atoms with Crippen molar-refractivity contribution >= 4 is 11.9 Å². The molecular weight excluding hydrogens is 212 g/mol. The number of aliphatic hydroxyl groups is 1. The van der Waals surface area contributed by atoms with E-state index in [2.05, 4.69) is 0 Å². The number of hydrogen-bond acceptors (Lipinski definition) is 3. The van der Waals surface area contributed by atoms with Crippen LogP contribution in [0.1, 0.15) is 44.9 Å². The van der Waals surface area contributed by atoms with Crippen molar-refractivity contribution in [3.8, 4) is 0 Å². The van der Waals surface area contributed by atoms with Gasteiger partial charge in [-0.2, -0.15) is 0 Å². The van der Waals surface area contributed by atoms with Crippen LogP contribution in [0.25, 0.3) is 0 Å². The minimum absolute atomic E-state index is 0.206. The third kappa shape index (κ3) is 2.95. The van der Waals surface area contributed by atoms with E-state index in [4.69, 9.17) is 10.2 Å². The van der Waals surface area contributed by atoms with E-state index in [9.17, 15) is 14.7 Å². The topological polar surface area (TPSA) is 94.8 Å². The lowest BCUT2D eigenvalue weighted by Crippen LogP contribution is -2.46. The van der Waals surface area contributed by atoms with Gasteiger partial charge >= 0.3 is 11.9 Å². The lowest BCUT2D eigenvalue weighted by atomic mass is 9.83. The summed E-state index contributed by atoms with van der Waals surface area (Å²) in [5, 5.41) is 26.9. The van der Waals surface area contributed by atoms with Gasteiger partial charge in [-0.1, -0.05) is 32.1 Å². The summed E-state index contributed by atoms with van der Waals surface area (Å²) in [6.45, 7) is 0. The third-order valence-corrected chi connectivity index (χ3v) is 3.35. The van der Waals surface area contributed by atoms with Crippen molar-refractivity contribution in [3.05, 3.63) is 0 Å². The van der Waals surface area contributed by atoms with Gasteiger partial charge in [0.2, 0.25) is 0 Å². The molecule has 1 rings (SSSR count). The van der Waals surface area contributed by atoms with Crippen LogP contribution in [0.3, 0.4) is 0 Å². The number of hydrogen-bond donors (Lipinski definition) is 3. The van der Waals surface area contributed by atoms with E-state index >= 15 is 0 Å². The van der Waals surface area contributed by atoms with Gasteiger partial charge in [-0.3, -0.25) is 0 Å². The van der Waals surface area contributed by atoms with Crippen molar-refractivity contribution < 1.29 is 24.9 Å². The molecule has 0 aliphatic heterocycles. The number of carboxylic acids is 2. The van der Waals surface area contributed by atoms with Crippen LogP contribution in [0.2, 0.25) is 0 Å². The normalized spacial score (nSPS) is 18.3. The molecule has 1 aliphatic rings. The Bertz CT molecular complexity index is 254. The van der Waals surface area contributed by atoms with Crippen LogP contribution in [0.15, 0.2) is 0 Å². The van der Waals surface area contributed by atoms with Crippen molar-refractivity contribution in [2.45, 2.75) is 50.5 Å². The molecular formula is C11H18O5. The Labute approximate surface area is 94.1 Å². The molecule has 0 aromatic heterocycles. The lowest BCUT2D eigenvalue weighted by molar-refractivity contribution is -0.177. The van der Waals surface area contributed by atoms with Crippen molar-refractivity contribution in [2.75, 3.05) is 0 Å². The molecule has 0 aromatic carbocycles. The Hall–Kier alpha value is -1.10. The van der Waals surface area contributed by atoms with Crippen LogP contribution in [-0.2, 0) is 9.59 Å². The molecule has 1 aliphatic carbocycles. The minimum atomic E-state index is -2.61. The molecule has 5 nitrogen and oxygen atoms in total. The van der Waals surface area contributed by atoms with Crippen LogP contribution < -0.4 is 0 Å². The summed E-state index contributed by atoms with van der Waals surface area (Å²) in [7, 11) is 0. The van der Waals surface area contributed by atoms with Crippen LogP contribution in [0.4, 0.5) is 0 Å². The fraction of sp³-hybridized carbons (Fsp3) is 0.818. The van der Waals surface area contributed by atoms with Gasteiger partial charge in [0.1, 0.15) is 0 Å². The lowest BCUT2D eigenvalue weighted by Gasteiger charge is -2.25. The number of carboxylic acid groups (broad SMARTS) is 2. The van der Waals surface area contributed by atoms with Crippen molar-refractivity contribution in [3.63, 3.8) is 0 Å². The van der Waals surface area contributed by atoms with Crippen molar-refractivity contribution in [1.29, 1.82) is 0 Å². The van der Waals surface area contributed by atoms with Crippen LogP contribution >= 0.6 is 0 Å². The highest BCUT2D eigenvalue weighted by atomic mass is 16.4. The fourth-order valence-electron chi connectivity index (χ4n) is 2.19. The Morgan fingerprint density at radius 2 is 1.56 bits per heavy atom. The molecule has 1 saturated carbocycles. The van der Waals surface area contributed by atoms with Crippen molar-refractivity contribution in [1.82, 2.24) is 0 Å². The first kappa shape index (κ1) is 13.0. The number of aliphatic carboxylic acids is 2. The van der Waals surface area contributed by atoms with Gasteiger partial charge in [-0.05, 0) is 18.8 Å². The molecule has 0 radical (unpaired) electrons. The second-order valence-corrected chi connectivity index (χ2v) is 4.51. The Morgan fingerprint density at radius 1 is 1.06 bits per heavy atom. The fourth-order valence-corrected chi connectivity index (χ4v) is 2.19. The Kier molecular flexibility index (Phi) is 4.29. The monoisotopic (exact) mass is 230 g/mol. The summed E-state index contributed by atoms with van der Waals surface area (Å²) in [5.41, 5.74) is -2.61. The zero-order valence-corrected chi connectivity index (χ0v) is 9.19. The second kappa shape index (κ2) is 5.30. The van der Waals surface area contributed by atoms with E-state index in [1.54, 1.807) is 0 Å². The summed E-state index contributed by atoms with van der Waals surface area (Å²) in [5.74, 6) is -2.98. The van der Waals surface area contributed by atoms with Gasteiger partial charge in [-0.25, -0.2) is 9.59 Å².